The van der Waals surface area contributed by atoms with E-state index in [1.807, 2.05) is 17.9 Å². The Morgan fingerprint density at radius 2 is 2.04 bits per heavy atom. The minimum Gasteiger partial charge on any atom is -0.357 e. The summed E-state index contributed by atoms with van der Waals surface area (Å²) in [5.41, 5.74) is 4.05. The van der Waals surface area contributed by atoms with Crippen molar-refractivity contribution in [2.75, 3.05) is 19.6 Å². The molecule has 148 valence electrons. The van der Waals surface area contributed by atoms with Crippen molar-refractivity contribution < 1.29 is 0 Å². The van der Waals surface area contributed by atoms with Crippen LogP contribution in [-0.2, 0) is 26.4 Å². The number of likely N-dealkylation sites (tertiary alicyclic amines) is 1. The van der Waals surface area contributed by atoms with Gasteiger partial charge >= 0.3 is 0 Å². The van der Waals surface area contributed by atoms with Gasteiger partial charge in [0.15, 0.2) is 5.96 Å². The van der Waals surface area contributed by atoms with Gasteiger partial charge in [-0.05, 0) is 48.8 Å². The van der Waals surface area contributed by atoms with Gasteiger partial charge in [0.05, 0.1) is 12.7 Å². The SMILES string of the molecule is CCNC(=NCc1ccccc1CC)N1CCC(Cc2cnn(C)c2)C1.I. The van der Waals surface area contributed by atoms with Crippen LogP contribution in [0, 0.1) is 5.92 Å². The third-order valence-electron chi connectivity index (χ3n) is 5.10. The molecule has 2 heterocycles. The van der Waals surface area contributed by atoms with Crippen LogP contribution in [-0.4, -0.2) is 40.3 Å². The van der Waals surface area contributed by atoms with Crippen molar-refractivity contribution in [2.45, 2.75) is 39.7 Å². The molecular formula is C21H32IN5. The second-order valence-corrected chi connectivity index (χ2v) is 7.12. The number of nitrogens with one attached hydrogen (secondary N) is 1. The van der Waals surface area contributed by atoms with Gasteiger partial charge < -0.3 is 10.2 Å². The topological polar surface area (TPSA) is 45.5 Å². The first-order valence-electron chi connectivity index (χ1n) is 9.77. The van der Waals surface area contributed by atoms with Crippen LogP contribution in [0.4, 0.5) is 0 Å². The Balaban J connectivity index is 0.00000261. The molecule has 1 fully saturated rings. The number of rotatable bonds is 6. The molecule has 1 atom stereocenters. The molecule has 3 rings (SSSR count). The van der Waals surface area contributed by atoms with E-state index in [0.29, 0.717) is 5.92 Å². The van der Waals surface area contributed by atoms with Crippen LogP contribution in [0.3, 0.4) is 0 Å². The molecule has 1 aromatic carbocycles. The van der Waals surface area contributed by atoms with E-state index in [4.69, 9.17) is 4.99 Å². The molecule has 5 nitrogen and oxygen atoms in total. The van der Waals surface area contributed by atoms with Crippen molar-refractivity contribution in [1.82, 2.24) is 20.0 Å². The van der Waals surface area contributed by atoms with E-state index in [0.717, 1.165) is 45.0 Å². The van der Waals surface area contributed by atoms with E-state index >= 15 is 0 Å². The molecule has 1 aliphatic heterocycles. The summed E-state index contributed by atoms with van der Waals surface area (Å²) < 4.78 is 1.89. The van der Waals surface area contributed by atoms with E-state index in [-0.39, 0.29) is 24.0 Å². The molecule has 6 heteroatoms. The van der Waals surface area contributed by atoms with Crippen LogP contribution in [0.15, 0.2) is 41.7 Å². The van der Waals surface area contributed by atoms with Crippen LogP contribution in [0.2, 0.25) is 0 Å². The fraction of sp³-hybridized carbons (Fsp3) is 0.524. The highest BCUT2D eigenvalue weighted by Crippen LogP contribution is 2.21. The summed E-state index contributed by atoms with van der Waals surface area (Å²) in [7, 11) is 1.98. The third-order valence-corrected chi connectivity index (χ3v) is 5.10. The lowest BCUT2D eigenvalue weighted by atomic mass is 10.0. The molecule has 2 aromatic rings. The second-order valence-electron chi connectivity index (χ2n) is 7.12. The second kappa shape index (κ2) is 10.7. The number of aryl methyl sites for hydroxylation is 2. The van der Waals surface area contributed by atoms with Gasteiger partial charge in [0.25, 0.3) is 0 Å². The highest BCUT2D eigenvalue weighted by Gasteiger charge is 2.25. The molecule has 1 saturated heterocycles. The summed E-state index contributed by atoms with van der Waals surface area (Å²) in [6.45, 7) is 8.13. The van der Waals surface area contributed by atoms with Crippen molar-refractivity contribution in [3.63, 3.8) is 0 Å². The van der Waals surface area contributed by atoms with Crippen molar-refractivity contribution in [3.05, 3.63) is 53.3 Å². The quantitative estimate of drug-likeness (QED) is 0.390. The monoisotopic (exact) mass is 481 g/mol. The number of aromatic nitrogens is 2. The molecule has 0 aliphatic carbocycles. The van der Waals surface area contributed by atoms with Gasteiger partial charge in [-0.25, -0.2) is 4.99 Å². The first-order chi connectivity index (χ1) is 12.7. The number of guanidine groups is 1. The average Bonchev–Trinajstić information content (AvgIpc) is 3.28. The van der Waals surface area contributed by atoms with Crippen LogP contribution in [0.25, 0.3) is 0 Å². The molecule has 1 aromatic heterocycles. The fourth-order valence-electron chi connectivity index (χ4n) is 3.74. The maximum Gasteiger partial charge on any atom is 0.194 e. The zero-order valence-electron chi connectivity index (χ0n) is 16.7. The molecule has 0 radical (unpaired) electrons. The minimum absolute atomic E-state index is 0. The number of hydrogen-bond acceptors (Lipinski definition) is 2. The van der Waals surface area contributed by atoms with Gasteiger partial charge in [0.2, 0.25) is 0 Å². The van der Waals surface area contributed by atoms with E-state index in [2.05, 4.69) is 59.6 Å². The number of halogens is 1. The summed E-state index contributed by atoms with van der Waals surface area (Å²) in [6.07, 6.45) is 7.49. The highest BCUT2D eigenvalue weighted by molar-refractivity contribution is 14.0. The number of aliphatic imine (C=N–C) groups is 1. The average molecular weight is 481 g/mol. The Hall–Kier alpha value is -1.57. The predicted molar refractivity (Wildman–Crippen MR) is 123 cm³/mol. The number of nitrogens with zero attached hydrogens (tertiary/aromatic N) is 4. The molecule has 0 amide bonds. The van der Waals surface area contributed by atoms with Crippen molar-refractivity contribution in [1.29, 1.82) is 0 Å². The maximum absolute atomic E-state index is 4.93. The molecular weight excluding hydrogens is 449 g/mol. The summed E-state index contributed by atoms with van der Waals surface area (Å²) >= 11 is 0. The standard InChI is InChI=1S/C21H31N5.HI/c1-4-19-8-6-7-9-20(19)14-23-21(22-5-2)26-11-10-17(16-26)12-18-13-24-25(3)15-18;/h6-9,13,15,17H,4-5,10-12,14,16H2,1-3H3,(H,22,23);1H. The highest BCUT2D eigenvalue weighted by atomic mass is 127. The molecule has 0 spiro atoms. The van der Waals surface area contributed by atoms with Gasteiger partial charge in [-0.2, -0.15) is 5.10 Å². The van der Waals surface area contributed by atoms with Crippen LogP contribution >= 0.6 is 24.0 Å². The van der Waals surface area contributed by atoms with Gasteiger partial charge in [-0.15, -0.1) is 24.0 Å². The fourth-order valence-corrected chi connectivity index (χ4v) is 3.74. The smallest absolute Gasteiger partial charge is 0.194 e. The van der Waals surface area contributed by atoms with Gasteiger partial charge in [0, 0.05) is 32.9 Å². The summed E-state index contributed by atoms with van der Waals surface area (Å²) in [4.78, 5) is 7.35. The van der Waals surface area contributed by atoms with E-state index in [1.54, 1.807) is 0 Å². The lowest BCUT2D eigenvalue weighted by Crippen LogP contribution is -2.40. The van der Waals surface area contributed by atoms with Gasteiger partial charge in [-0.1, -0.05) is 31.2 Å². The zero-order chi connectivity index (χ0) is 18.4. The van der Waals surface area contributed by atoms with Gasteiger partial charge in [-0.3, -0.25) is 4.68 Å². The Morgan fingerprint density at radius 1 is 1.26 bits per heavy atom. The minimum atomic E-state index is 0. The normalized spacial score (nSPS) is 17.1. The van der Waals surface area contributed by atoms with Crippen LogP contribution in [0.5, 0.6) is 0 Å². The summed E-state index contributed by atoms with van der Waals surface area (Å²) in [5.74, 6) is 1.72. The van der Waals surface area contributed by atoms with Crippen molar-refractivity contribution in [3.8, 4) is 0 Å². The number of hydrogen-bond donors (Lipinski definition) is 1. The summed E-state index contributed by atoms with van der Waals surface area (Å²) in [5, 5.41) is 7.77. The largest absolute Gasteiger partial charge is 0.357 e. The molecule has 0 saturated carbocycles. The summed E-state index contributed by atoms with van der Waals surface area (Å²) in [6, 6.07) is 8.62. The Morgan fingerprint density at radius 3 is 2.70 bits per heavy atom. The lowest BCUT2D eigenvalue weighted by Gasteiger charge is -2.22. The zero-order valence-corrected chi connectivity index (χ0v) is 19.0. The maximum atomic E-state index is 4.93. The van der Waals surface area contributed by atoms with Crippen LogP contribution < -0.4 is 5.32 Å². The van der Waals surface area contributed by atoms with Gasteiger partial charge in [0.1, 0.15) is 0 Å². The Bertz CT molecular complexity index is 740. The van der Waals surface area contributed by atoms with E-state index in [9.17, 15) is 0 Å². The van der Waals surface area contributed by atoms with E-state index in [1.165, 1.54) is 23.1 Å². The molecule has 27 heavy (non-hydrogen) atoms. The van der Waals surface area contributed by atoms with Crippen molar-refractivity contribution >= 4 is 29.9 Å². The Kier molecular flexibility index (Phi) is 8.60. The molecule has 0 bridgehead atoms. The van der Waals surface area contributed by atoms with Crippen molar-refractivity contribution in [2.24, 2.45) is 18.0 Å². The third kappa shape index (κ3) is 5.96. The van der Waals surface area contributed by atoms with E-state index < -0.39 is 0 Å². The number of benzene rings is 1. The lowest BCUT2D eigenvalue weighted by molar-refractivity contribution is 0.460. The molecule has 1 unspecified atom stereocenters. The first kappa shape index (κ1) is 21.7. The first-order valence-corrected chi connectivity index (χ1v) is 9.77. The van der Waals surface area contributed by atoms with Crippen LogP contribution in [0.1, 0.15) is 37.0 Å². The predicted octanol–water partition coefficient (Wildman–Crippen LogP) is 3.63. The molecule has 1 aliphatic rings. The molecule has 1 N–H and O–H groups in total. The Labute approximate surface area is 180 Å².